The highest BCUT2D eigenvalue weighted by Crippen LogP contribution is 2.24. The zero-order chi connectivity index (χ0) is 11.7. The number of nitrogens with one attached hydrogen (secondary N) is 1. The summed E-state index contributed by atoms with van der Waals surface area (Å²) in [5.41, 5.74) is 11.4. The number of primary amides is 1. The number of hydrogen-bond acceptors (Lipinski definition) is 3. The summed E-state index contributed by atoms with van der Waals surface area (Å²) in [5.74, 6) is -0.946. The molecule has 0 spiro atoms. The lowest BCUT2D eigenvalue weighted by molar-refractivity contribution is 0.100. The summed E-state index contributed by atoms with van der Waals surface area (Å²) in [7, 11) is 0. The molecule has 2 rings (SSSR count). The van der Waals surface area contributed by atoms with Crippen LogP contribution in [0.1, 0.15) is 23.2 Å². The van der Waals surface area contributed by atoms with Gasteiger partial charge in [-0.25, -0.2) is 4.39 Å². The molecule has 0 bridgehead atoms. The maximum Gasteiger partial charge on any atom is 0.248 e. The number of anilines is 1. The second-order valence-corrected chi connectivity index (χ2v) is 4.13. The van der Waals surface area contributed by atoms with Gasteiger partial charge in [-0.1, -0.05) is 0 Å². The van der Waals surface area contributed by atoms with E-state index in [1.807, 2.05) is 0 Å². The first-order chi connectivity index (χ1) is 7.56. The second-order valence-electron chi connectivity index (χ2n) is 4.13. The fourth-order valence-corrected chi connectivity index (χ4v) is 1.79. The molecular formula is C11H14FN3O. The van der Waals surface area contributed by atoms with Crippen molar-refractivity contribution in [3.63, 3.8) is 0 Å². The first-order valence-electron chi connectivity index (χ1n) is 5.17. The van der Waals surface area contributed by atoms with Crippen LogP contribution in [0.4, 0.5) is 10.1 Å². The molecule has 4 nitrogen and oxygen atoms in total. The summed E-state index contributed by atoms with van der Waals surface area (Å²) in [4.78, 5) is 10.9. The largest absolute Gasteiger partial charge is 0.380 e. The van der Waals surface area contributed by atoms with Gasteiger partial charge in [0.05, 0.1) is 5.69 Å². The van der Waals surface area contributed by atoms with E-state index in [0.29, 0.717) is 11.3 Å². The molecule has 1 saturated carbocycles. The van der Waals surface area contributed by atoms with E-state index in [9.17, 15) is 9.18 Å². The summed E-state index contributed by atoms with van der Waals surface area (Å²) in [5, 5.41) is 3.01. The van der Waals surface area contributed by atoms with Crippen molar-refractivity contribution in [2.24, 2.45) is 11.5 Å². The highest BCUT2D eigenvalue weighted by molar-refractivity contribution is 5.93. The number of carbonyl (C=O) groups is 1. The number of hydrogen-bond donors (Lipinski definition) is 3. The van der Waals surface area contributed by atoms with Crippen LogP contribution in [-0.4, -0.2) is 18.0 Å². The smallest absolute Gasteiger partial charge is 0.248 e. The van der Waals surface area contributed by atoms with Crippen LogP contribution < -0.4 is 16.8 Å². The van der Waals surface area contributed by atoms with Crippen LogP contribution in [0.5, 0.6) is 0 Å². The van der Waals surface area contributed by atoms with Crippen molar-refractivity contribution in [1.82, 2.24) is 0 Å². The number of benzene rings is 1. The Morgan fingerprint density at radius 1 is 1.44 bits per heavy atom. The minimum atomic E-state index is -0.562. The van der Waals surface area contributed by atoms with Crippen LogP contribution in [0.25, 0.3) is 0 Å². The Morgan fingerprint density at radius 3 is 2.69 bits per heavy atom. The lowest BCUT2D eigenvalue weighted by atomic mass is 9.87. The van der Waals surface area contributed by atoms with Gasteiger partial charge in [-0.2, -0.15) is 0 Å². The number of halogens is 1. The molecule has 5 heteroatoms. The SMILES string of the molecule is NC(=O)c1ccc(F)c(NC2CC(N)C2)c1. The molecule has 0 radical (unpaired) electrons. The van der Waals surface area contributed by atoms with Gasteiger partial charge in [0.25, 0.3) is 0 Å². The van der Waals surface area contributed by atoms with Crippen LogP contribution >= 0.6 is 0 Å². The molecule has 1 fully saturated rings. The van der Waals surface area contributed by atoms with Gasteiger partial charge in [-0.15, -0.1) is 0 Å². The van der Waals surface area contributed by atoms with Gasteiger partial charge in [-0.05, 0) is 31.0 Å². The minimum Gasteiger partial charge on any atom is -0.380 e. The third-order valence-corrected chi connectivity index (χ3v) is 2.79. The Morgan fingerprint density at radius 2 is 2.12 bits per heavy atom. The van der Waals surface area contributed by atoms with Crippen LogP contribution in [0, 0.1) is 5.82 Å². The van der Waals surface area contributed by atoms with Crippen molar-refractivity contribution >= 4 is 11.6 Å². The van der Waals surface area contributed by atoms with E-state index >= 15 is 0 Å². The number of nitrogens with two attached hydrogens (primary N) is 2. The molecule has 86 valence electrons. The normalized spacial score (nSPS) is 23.6. The Balaban J connectivity index is 2.12. The molecule has 0 atom stereocenters. The Bertz CT molecular complexity index is 416. The number of carbonyl (C=O) groups excluding carboxylic acids is 1. The topological polar surface area (TPSA) is 81.1 Å². The van der Waals surface area contributed by atoms with Gasteiger partial charge in [-0.3, -0.25) is 4.79 Å². The van der Waals surface area contributed by atoms with E-state index in [1.54, 1.807) is 0 Å². The molecule has 0 unspecified atom stereocenters. The molecule has 0 heterocycles. The van der Waals surface area contributed by atoms with Crippen LogP contribution in [0.2, 0.25) is 0 Å². The lowest BCUT2D eigenvalue weighted by Crippen LogP contribution is -2.44. The van der Waals surface area contributed by atoms with Gasteiger partial charge in [0, 0.05) is 17.6 Å². The van der Waals surface area contributed by atoms with Crippen molar-refractivity contribution in [2.45, 2.75) is 24.9 Å². The Labute approximate surface area is 92.8 Å². The minimum absolute atomic E-state index is 0.188. The Hall–Kier alpha value is -1.62. The number of amides is 1. The number of rotatable bonds is 3. The summed E-state index contributed by atoms with van der Waals surface area (Å²) in [6, 6.07) is 4.42. The van der Waals surface area contributed by atoms with Crippen LogP contribution in [0.15, 0.2) is 18.2 Å². The average Bonchev–Trinajstić information content (AvgIpc) is 2.18. The first-order valence-corrected chi connectivity index (χ1v) is 5.17. The third kappa shape index (κ3) is 2.14. The summed E-state index contributed by atoms with van der Waals surface area (Å²) in [6.07, 6.45) is 1.64. The maximum atomic E-state index is 13.4. The summed E-state index contributed by atoms with van der Waals surface area (Å²) >= 11 is 0. The highest BCUT2D eigenvalue weighted by Gasteiger charge is 2.26. The molecule has 0 aromatic heterocycles. The highest BCUT2D eigenvalue weighted by atomic mass is 19.1. The van der Waals surface area contributed by atoms with Crippen molar-refractivity contribution in [3.05, 3.63) is 29.6 Å². The van der Waals surface area contributed by atoms with Crippen molar-refractivity contribution in [3.8, 4) is 0 Å². The monoisotopic (exact) mass is 223 g/mol. The molecule has 16 heavy (non-hydrogen) atoms. The molecule has 1 aromatic carbocycles. The predicted molar refractivity (Wildman–Crippen MR) is 59.5 cm³/mol. The molecule has 5 N–H and O–H groups in total. The van der Waals surface area contributed by atoms with Gasteiger partial charge in [0.15, 0.2) is 0 Å². The lowest BCUT2D eigenvalue weighted by Gasteiger charge is -2.33. The van der Waals surface area contributed by atoms with E-state index in [0.717, 1.165) is 12.8 Å². The van der Waals surface area contributed by atoms with Crippen molar-refractivity contribution in [2.75, 3.05) is 5.32 Å². The molecule has 1 amide bonds. The maximum absolute atomic E-state index is 13.4. The van der Waals surface area contributed by atoms with Crippen LogP contribution in [-0.2, 0) is 0 Å². The van der Waals surface area contributed by atoms with E-state index in [2.05, 4.69) is 5.32 Å². The molecule has 1 aromatic rings. The van der Waals surface area contributed by atoms with Gasteiger partial charge >= 0.3 is 0 Å². The predicted octanol–water partition coefficient (Wildman–Crippen LogP) is 0.826. The van der Waals surface area contributed by atoms with Crippen molar-refractivity contribution < 1.29 is 9.18 Å². The van der Waals surface area contributed by atoms with Crippen molar-refractivity contribution in [1.29, 1.82) is 0 Å². The molecule has 0 saturated heterocycles. The molecule has 0 aliphatic heterocycles. The van der Waals surface area contributed by atoms with E-state index in [4.69, 9.17) is 11.5 Å². The first kappa shape index (κ1) is 10.9. The van der Waals surface area contributed by atoms with E-state index in [-0.39, 0.29) is 17.9 Å². The average molecular weight is 223 g/mol. The quantitative estimate of drug-likeness (QED) is 0.709. The third-order valence-electron chi connectivity index (χ3n) is 2.79. The van der Waals surface area contributed by atoms with Gasteiger partial charge < -0.3 is 16.8 Å². The Kier molecular flexibility index (Phi) is 2.78. The molecule has 1 aliphatic carbocycles. The zero-order valence-corrected chi connectivity index (χ0v) is 8.74. The molecule has 1 aliphatic rings. The summed E-state index contributed by atoms with van der Waals surface area (Å²) in [6.45, 7) is 0. The summed E-state index contributed by atoms with van der Waals surface area (Å²) < 4.78 is 13.4. The van der Waals surface area contributed by atoms with E-state index in [1.165, 1.54) is 18.2 Å². The molecular weight excluding hydrogens is 209 g/mol. The van der Waals surface area contributed by atoms with E-state index < -0.39 is 5.91 Å². The fourth-order valence-electron chi connectivity index (χ4n) is 1.79. The zero-order valence-electron chi connectivity index (χ0n) is 8.74. The van der Waals surface area contributed by atoms with Gasteiger partial charge in [0.2, 0.25) is 5.91 Å². The van der Waals surface area contributed by atoms with Gasteiger partial charge in [0.1, 0.15) is 5.82 Å². The van der Waals surface area contributed by atoms with Crippen LogP contribution in [0.3, 0.4) is 0 Å². The standard InChI is InChI=1S/C11H14FN3O/c12-9-2-1-6(11(14)16)3-10(9)15-8-4-7(13)5-8/h1-3,7-8,15H,4-5,13H2,(H2,14,16). The fraction of sp³-hybridized carbons (Fsp3) is 0.364. The second kappa shape index (κ2) is 4.09.